The second kappa shape index (κ2) is 3.96. The summed E-state index contributed by atoms with van der Waals surface area (Å²) in [6.07, 6.45) is 0.107. The summed E-state index contributed by atoms with van der Waals surface area (Å²) in [7, 11) is 0. The number of carbonyl (C=O) groups is 1. The van der Waals surface area contributed by atoms with Crippen molar-refractivity contribution in [3.63, 3.8) is 0 Å². The molecule has 0 bridgehead atoms. The molecule has 2 rings (SSSR count). The molecule has 0 aliphatic heterocycles. The first-order chi connectivity index (χ1) is 7.25. The van der Waals surface area contributed by atoms with Crippen LogP contribution in [0.1, 0.15) is 5.69 Å². The maximum atomic E-state index is 10.7. The zero-order valence-corrected chi connectivity index (χ0v) is 8.01. The third kappa shape index (κ3) is 2.22. The molecule has 15 heavy (non-hydrogen) atoms. The van der Waals surface area contributed by atoms with Crippen molar-refractivity contribution in [2.24, 2.45) is 5.73 Å². The largest absolute Gasteiger partial charge is 0.369 e. The molecule has 0 saturated carbocycles. The van der Waals surface area contributed by atoms with Crippen LogP contribution in [-0.2, 0) is 11.2 Å². The van der Waals surface area contributed by atoms with Gasteiger partial charge in [-0.25, -0.2) is 0 Å². The Morgan fingerprint density at radius 2 is 2.07 bits per heavy atom. The molecule has 1 aromatic carbocycles. The molecule has 1 aromatic heterocycles. The fourth-order valence-corrected chi connectivity index (χ4v) is 1.31. The normalized spacial score (nSPS) is 10.1. The Labute approximate surface area is 86.7 Å². The zero-order chi connectivity index (χ0) is 10.7. The Morgan fingerprint density at radius 3 is 2.73 bits per heavy atom. The van der Waals surface area contributed by atoms with Gasteiger partial charge in [-0.1, -0.05) is 35.5 Å². The molecule has 2 N–H and O–H groups in total. The summed E-state index contributed by atoms with van der Waals surface area (Å²) in [5, 5.41) is 3.76. The van der Waals surface area contributed by atoms with E-state index in [1.54, 1.807) is 6.07 Å². The highest BCUT2D eigenvalue weighted by Gasteiger charge is 2.07. The minimum absolute atomic E-state index is 0.107. The summed E-state index contributed by atoms with van der Waals surface area (Å²) in [5.74, 6) is 0.231. The summed E-state index contributed by atoms with van der Waals surface area (Å²) >= 11 is 0. The molecule has 0 aliphatic carbocycles. The lowest BCUT2D eigenvalue weighted by Crippen LogP contribution is -2.13. The lowest BCUT2D eigenvalue weighted by Gasteiger charge is -1.91. The molecule has 0 spiro atoms. The van der Waals surface area contributed by atoms with Gasteiger partial charge in [0.2, 0.25) is 5.91 Å². The SMILES string of the molecule is NC(=O)Cc1cc(-c2ccccc2)on1. The van der Waals surface area contributed by atoms with E-state index in [0.29, 0.717) is 11.5 Å². The van der Waals surface area contributed by atoms with Crippen molar-refractivity contribution < 1.29 is 9.32 Å². The first-order valence-electron chi connectivity index (χ1n) is 4.55. The van der Waals surface area contributed by atoms with Crippen LogP contribution in [0.2, 0.25) is 0 Å². The lowest BCUT2D eigenvalue weighted by atomic mass is 10.1. The van der Waals surface area contributed by atoms with Gasteiger partial charge in [0.05, 0.1) is 12.1 Å². The highest BCUT2D eigenvalue weighted by Crippen LogP contribution is 2.19. The van der Waals surface area contributed by atoms with Crippen molar-refractivity contribution in [1.29, 1.82) is 0 Å². The summed E-state index contributed by atoms with van der Waals surface area (Å²) in [4.78, 5) is 10.7. The Morgan fingerprint density at radius 1 is 1.33 bits per heavy atom. The number of nitrogens with zero attached hydrogens (tertiary/aromatic N) is 1. The number of benzene rings is 1. The van der Waals surface area contributed by atoms with Crippen molar-refractivity contribution >= 4 is 5.91 Å². The highest BCUT2D eigenvalue weighted by atomic mass is 16.5. The van der Waals surface area contributed by atoms with E-state index >= 15 is 0 Å². The molecular weight excluding hydrogens is 192 g/mol. The fourth-order valence-electron chi connectivity index (χ4n) is 1.31. The third-order valence-corrected chi connectivity index (χ3v) is 1.97. The molecule has 0 fully saturated rings. The Hall–Kier alpha value is -2.10. The van der Waals surface area contributed by atoms with Crippen LogP contribution in [0, 0.1) is 0 Å². The predicted octanol–water partition coefficient (Wildman–Crippen LogP) is 1.37. The van der Waals surface area contributed by atoms with Crippen LogP contribution in [0.15, 0.2) is 40.9 Å². The van der Waals surface area contributed by atoms with Crippen LogP contribution >= 0.6 is 0 Å². The van der Waals surface area contributed by atoms with E-state index in [2.05, 4.69) is 5.16 Å². The average Bonchev–Trinajstić information content (AvgIpc) is 2.67. The Balaban J connectivity index is 2.24. The maximum absolute atomic E-state index is 10.7. The summed E-state index contributed by atoms with van der Waals surface area (Å²) in [6.45, 7) is 0. The van der Waals surface area contributed by atoms with Crippen LogP contribution in [0.4, 0.5) is 0 Å². The first kappa shape index (κ1) is 9.45. The van der Waals surface area contributed by atoms with Crippen LogP contribution in [0.5, 0.6) is 0 Å². The molecule has 0 saturated heterocycles. The Bertz CT molecular complexity index is 462. The number of carbonyl (C=O) groups excluding carboxylic acids is 1. The standard InChI is InChI=1S/C11H10N2O2/c12-11(14)7-9-6-10(15-13-9)8-4-2-1-3-5-8/h1-6H,7H2,(H2,12,14). The molecule has 4 heteroatoms. The zero-order valence-electron chi connectivity index (χ0n) is 8.01. The van der Waals surface area contributed by atoms with Crippen LogP contribution in [0.25, 0.3) is 11.3 Å². The molecule has 0 unspecified atom stereocenters. The number of hydrogen-bond acceptors (Lipinski definition) is 3. The van der Waals surface area contributed by atoms with Gasteiger partial charge in [0, 0.05) is 11.6 Å². The van der Waals surface area contributed by atoms with Crippen LogP contribution in [0.3, 0.4) is 0 Å². The van der Waals surface area contributed by atoms with E-state index in [-0.39, 0.29) is 6.42 Å². The van der Waals surface area contributed by atoms with Gasteiger partial charge in [0.1, 0.15) is 0 Å². The number of nitrogens with two attached hydrogens (primary N) is 1. The molecule has 2 aromatic rings. The second-order valence-corrected chi connectivity index (χ2v) is 3.19. The topological polar surface area (TPSA) is 69.1 Å². The van der Waals surface area contributed by atoms with Gasteiger partial charge in [-0.3, -0.25) is 4.79 Å². The predicted molar refractivity (Wildman–Crippen MR) is 54.8 cm³/mol. The number of primary amides is 1. The number of amides is 1. The second-order valence-electron chi connectivity index (χ2n) is 3.19. The molecule has 4 nitrogen and oxygen atoms in total. The monoisotopic (exact) mass is 202 g/mol. The molecule has 0 radical (unpaired) electrons. The third-order valence-electron chi connectivity index (χ3n) is 1.97. The van der Waals surface area contributed by atoms with Crippen LogP contribution < -0.4 is 5.73 Å². The Kier molecular flexibility index (Phi) is 2.49. The molecule has 1 amide bonds. The van der Waals surface area contributed by atoms with Gasteiger partial charge in [-0.2, -0.15) is 0 Å². The van der Waals surface area contributed by atoms with E-state index in [1.165, 1.54) is 0 Å². The van der Waals surface area contributed by atoms with Crippen molar-refractivity contribution in [2.75, 3.05) is 0 Å². The van der Waals surface area contributed by atoms with Crippen LogP contribution in [-0.4, -0.2) is 11.1 Å². The van der Waals surface area contributed by atoms with Gasteiger partial charge in [-0.05, 0) is 0 Å². The summed E-state index contributed by atoms with van der Waals surface area (Å²) in [6, 6.07) is 11.3. The molecule has 1 heterocycles. The molecule has 76 valence electrons. The van der Waals surface area contributed by atoms with Gasteiger partial charge < -0.3 is 10.3 Å². The highest BCUT2D eigenvalue weighted by molar-refractivity contribution is 5.76. The quantitative estimate of drug-likeness (QED) is 0.817. The van der Waals surface area contributed by atoms with Crippen molar-refractivity contribution in [2.45, 2.75) is 6.42 Å². The smallest absolute Gasteiger partial charge is 0.223 e. The van der Waals surface area contributed by atoms with Crippen molar-refractivity contribution in [3.8, 4) is 11.3 Å². The molecule has 0 atom stereocenters. The van der Waals surface area contributed by atoms with Gasteiger partial charge in [0.15, 0.2) is 5.76 Å². The first-order valence-corrected chi connectivity index (χ1v) is 4.55. The van der Waals surface area contributed by atoms with Gasteiger partial charge in [-0.15, -0.1) is 0 Å². The van der Waals surface area contributed by atoms with E-state index in [4.69, 9.17) is 10.3 Å². The van der Waals surface area contributed by atoms with Gasteiger partial charge in [0.25, 0.3) is 0 Å². The minimum atomic E-state index is -0.414. The molecule has 0 aliphatic rings. The van der Waals surface area contributed by atoms with E-state index < -0.39 is 5.91 Å². The van der Waals surface area contributed by atoms with E-state index in [1.807, 2.05) is 30.3 Å². The summed E-state index contributed by atoms with van der Waals surface area (Å²) in [5.41, 5.74) is 6.54. The van der Waals surface area contributed by atoms with E-state index in [9.17, 15) is 4.79 Å². The number of hydrogen-bond donors (Lipinski definition) is 1. The van der Waals surface area contributed by atoms with Crippen molar-refractivity contribution in [3.05, 3.63) is 42.1 Å². The lowest BCUT2D eigenvalue weighted by molar-refractivity contribution is -0.117. The molecular formula is C11H10N2O2. The number of rotatable bonds is 3. The fraction of sp³-hybridized carbons (Fsp3) is 0.0909. The number of aromatic nitrogens is 1. The van der Waals surface area contributed by atoms with Gasteiger partial charge >= 0.3 is 0 Å². The average molecular weight is 202 g/mol. The summed E-state index contributed by atoms with van der Waals surface area (Å²) < 4.78 is 5.09. The van der Waals surface area contributed by atoms with E-state index in [0.717, 1.165) is 5.56 Å². The minimum Gasteiger partial charge on any atom is -0.369 e. The maximum Gasteiger partial charge on any atom is 0.223 e. The van der Waals surface area contributed by atoms with Crippen molar-refractivity contribution in [1.82, 2.24) is 5.16 Å².